The molecule has 5 rings (SSSR count). The van der Waals surface area contributed by atoms with Crippen molar-refractivity contribution < 1.29 is 27.8 Å². The standard InChI is InChI=1S/C25H26N6O.C2HF3O2/c26-12-8-22(25(10-4-5-11-25)17-32-16-19-6-2-1-3-7-19)31-15-20(14-30-31)23-21-9-13-27-24(21)29-18-28-23;3-2(4,5)1(6)7/h1-3,6-7,9,13-15,18,22H,4-5,8,10-11,16-17H2,(H,27,28,29);(H,6,7). The Morgan fingerprint density at radius 2 is 1.92 bits per heavy atom. The molecule has 0 radical (unpaired) electrons. The number of carboxylic acids is 1. The molecule has 0 spiro atoms. The fraction of sp³-hybridized carbons (Fsp3) is 0.370. The van der Waals surface area contributed by atoms with E-state index in [9.17, 15) is 18.4 Å². The molecule has 204 valence electrons. The molecule has 1 unspecified atom stereocenters. The van der Waals surface area contributed by atoms with Crippen LogP contribution in [0, 0.1) is 16.7 Å². The fourth-order valence-corrected chi connectivity index (χ4v) is 5.01. The van der Waals surface area contributed by atoms with Crippen molar-refractivity contribution in [3.8, 4) is 17.3 Å². The summed E-state index contributed by atoms with van der Waals surface area (Å²) in [5.41, 5.74) is 3.65. The van der Waals surface area contributed by atoms with Crippen molar-refractivity contribution in [1.82, 2.24) is 24.7 Å². The maximum absolute atomic E-state index is 10.6. The Labute approximate surface area is 222 Å². The van der Waals surface area contributed by atoms with E-state index in [0.29, 0.717) is 19.6 Å². The number of nitriles is 1. The number of aliphatic carboxylic acids is 1. The predicted molar refractivity (Wildman–Crippen MR) is 135 cm³/mol. The molecule has 0 saturated heterocycles. The number of carboxylic acid groups (broad SMARTS) is 1. The van der Waals surface area contributed by atoms with Gasteiger partial charge < -0.3 is 14.8 Å². The summed E-state index contributed by atoms with van der Waals surface area (Å²) < 4.78 is 39.9. The van der Waals surface area contributed by atoms with Crippen molar-refractivity contribution in [3.63, 3.8) is 0 Å². The molecule has 0 bridgehead atoms. The van der Waals surface area contributed by atoms with Gasteiger partial charge in [0.2, 0.25) is 0 Å². The number of H-pyrrole nitrogens is 1. The maximum Gasteiger partial charge on any atom is 0.490 e. The van der Waals surface area contributed by atoms with E-state index in [1.54, 1.807) is 6.33 Å². The lowest BCUT2D eigenvalue weighted by Crippen LogP contribution is -2.35. The zero-order valence-electron chi connectivity index (χ0n) is 20.9. The van der Waals surface area contributed by atoms with E-state index in [2.05, 4.69) is 33.2 Å². The van der Waals surface area contributed by atoms with Gasteiger partial charge in [-0.2, -0.15) is 23.5 Å². The third-order valence-electron chi connectivity index (χ3n) is 6.88. The highest BCUT2D eigenvalue weighted by Crippen LogP contribution is 2.48. The van der Waals surface area contributed by atoms with Gasteiger partial charge in [0.25, 0.3) is 0 Å². The van der Waals surface area contributed by atoms with Gasteiger partial charge in [0, 0.05) is 28.8 Å². The van der Waals surface area contributed by atoms with Gasteiger partial charge in [-0.05, 0) is 24.5 Å². The normalized spacial score (nSPS) is 15.3. The number of halogens is 3. The van der Waals surface area contributed by atoms with Gasteiger partial charge in [-0.25, -0.2) is 14.8 Å². The average Bonchev–Trinajstić information content (AvgIpc) is 3.69. The molecular weight excluding hydrogens is 513 g/mol. The van der Waals surface area contributed by atoms with Crippen LogP contribution in [-0.4, -0.2) is 48.6 Å². The van der Waals surface area contributed by atoms with Crippen LogP contribution in [0.25, 0.3) is 22.3 Å². The summed E-state index contributed by atoms with van der Waals surface area (Å²) in [6.45, 7) is 1.21. The molecule has 3 aromatic heterocycles. The number of rotatable bonds is 8. The van der Waals surface area contributed by atoms with E-state index in [1.165, 1.54) is 0 Å². The van der Waals surface area contributed by atoms with Crippen LogP contribution < -0.4 is 0 Å². The highest BCUT2D eigenvalue weighted by molar-refractivity contribution is 5.89. The largest absolute Gasteiger partial charge is 0.490 e. The van der Waals surface area contributed by atoms with Crippen molar-refractivity contribution in [1.29, 1.82) is 5.26 Å². The SMILES string of the molecule is N#CCC(n1cc(-c2ncnc3[nH]ccc23)cn1)C1(COCc2ccccc2)CCCC1.O=C(O)C(F)(F)F. The number of nitrogens with one attached hydrogen (secondary N) is 1. The second kappa shape index (κ2) is 12.1. The van der Waals surface area contributed by atoms with Gasteiger partial charge in [0.1, 0.15) is 12.0 Å². The van der Waals surface area contributed by atoms with Crippen LogP contribution in [0.3, 0.4) is 0 Å². The van der Waals surface area contributed by atoms with E-state index in [0.717, 1.165) is 53.5 Å². The smallest absolute Gasteiger partial charge is 0.475 e. The van der Waals surface area contributed by atoms with E-state index < -0.39 is 12.1 Å². The summed E-state index contributed by atoms with van der Waals surface area (Å²) in [5, 5.41) is 22.4. The molecule has 2 N–H and O–H groups in total. The Kier molecular flexibility index (Phi) is 8.61. The maximum atomic E-state index is 10.6. The third-order valence-corrected chi connectivity index (χ3v) is 6.88. The van der Waals surface area contributed by atoms with Crippen LogP contribution >= 0.6 is 0 Å². The quantitative estimate of drug-likeness (QED) is 0.294. The number of fused-ring (bicyclic) bond motifs is 1. The molecule has 1 aliphatic rings. The number of carbonyl (C=O) groups is 1. The summed E-state index contributed by atoms with van der Waals surface area (Å²) in [7, 11) is 0. The van der Waals surface area contributed by atoms with Crippen LogP contribution in [0.5, 0.6) is 0 Å². The fourth-order valence-electron chi connectivity index (χ4n) is 5.01. The van der Waals surface area contributed by atoms with Gasteiger partial charge in [0.05, 0.1) is 43.6 Å². The predicted octanol–water partition coefficient (Wildman–Crippen LogP) is 5.69. The number of aromatic nitrogens is 5. The zero-order valence-corrected chi connectivity index (χ0v) is 20.9. The second-order valence-electron chi connectivity index (χ2n) is 9.40. The number of hydrogen-bond donors (Lipinski definition) is 2. The van der Waals surface area contributed by atoms with Crippen molar-refractivity contribution in [2.24, 2.45) is 5.41 Å². The van der Waals surface area contributed by atoms with E-state index in [1.807, 2.05) is 47.5 Å². The van der Waals surface area contributed by atoms with Gasteiger partial charge in [-0.15, -0.1) is 0 Å². The molecule has 4 aromatic rings. The minimum atomic E-state index is -5.08. The van der Waals surface area contributed by atoms with Gasteiger partial charge in [-0.3, -0.25) is 4.68 Å². The lowest BCUT2D eigenvalue weighted by molar-refractivity contribution is -0.192. The zero-order chi connectivity index (χ0) is 27.9. The van der Waals surface area contributed by atoms with Crippen molar-refractivity contribution >= 4 is 17.0 Å². The lowest BCUT2D eigenvalue weighted by Gasteiger charge is -2.36. The first-order valence-electron chi connectivity index (χ1n) is 12.3. The average molecular weight is 541 g/mol. The van der Waals surface area contributed by atoms with Crippen LogP contribution in [0.2, 0.25) is 0 Å². The van der Waals surface area contributed by atoms with Gasteiger partial charge in [-0.1, -0.05) is 43.2 Å². The van der Waals surface area contributed by atoms with Crippen molar-refractivity contribution in [2.45, 2.75) is 50.9 Å². The summed E-state index contributed by atoms with van der Waals surface area (Å²) >= 11 is 0. The molecular formula is C27H27F3N6O3. The summed E-state index contributed by atoms with van der Waals surface area (Å²) in [5.74, 6) is -2.76. The van der Waals surface area contributed by atoms with Crippen LogP contribution in [0.15, 0.2) is 61.3 Å². The minimum absolute atomic E-state index is 0.0388. The monoisotopic (exact) mass is 540 g/mol. The van der Waals surface area contributed by atoms with Crippen LogP contribution in [0.1, 0.15) is 43.7 Å². The summed E-state index contributed by atoms with van der Waals surface area (Å²) in [6, 6.07) is 14.6. The molecule has 1 aromatic carbocycles. The molecule has 1 aliphatic carbocycles. The number of alkyl halides is 3. The molecule has 1 saturated carbocycles. The lowest BCUT2D eigenvalue weighted by atomic mass is 9.78. The summed E-state index contributed by atoms with van der Waals surface area (Å²) in [6.07, 6.45) is 7.00. The number of hydrogen-bond acceptors (Lipinski definition) is 6. The topological polar surface area (TPSA) is 130 Å². The Balaban J connectivity index is 0.000000448. The van der Waals surface area contributed by atoms with Crippen molar-refractivity contribution in [2.75, 3.05) is 6.61 Å². The number of benzene rings is 1. The Morgan fingerprint density at radius 1 is 1.21 bits per heavy atom. The number of ether oxygens (including phenoxy) is 1. The number of nitrogens with zero attached hydrogens (tertiary/aromatic N) is 5. The van der Waals surface area contributed by atoms with Crippen LogP contribution in [-0.2, 0) is 16.1 Å². The highest BCUT2D eigenvalue weighted by Gasteiger charge is 2.43. The van der Waals surface area contributed by atoms with E-state index >= 15 is 0 Å². The Hall–Kier alpha value is -4.24. The Bertz CT molecular complexity index is 1420. The van der Waals surface area contributed by atoms with Crippen molar-refractivity contribution in [3.05, 3.63) is 66.9 Å². The third kappa shape index (κ3) is 6.61. The van der Waals surface area contributed by atoms with Gasteiger partial charge in [0.15, 0.2) is 0 Å². The molecule has 9 nitrogen and oxygen atoms in total. The summed E-state index contributed by atoms with van der Waals surface area (Å²) in [4.78, 5) is 20.8. The molecule has 1 fully saturated rings. The molecule has 0 aliphatic heterocycles. The molecule has 12 heteroatoms. The van der Waals surface area contributed by atoms with Gasteiger partial charge >= 0.3 is 12.1 Å². The first-order chi connectivity index (χ1) is 18.7. The first-order valence-corrected chi connectivity index (χ1v) is 12.3. The molecule has 0 amide bonds. The molecule has 39 heavy (non-hydrogen) atoms. The molecule has 1 atom stereocenters. The number of aromatic amines is 1. The second-order valence-corrected chi connectivity index (χ2v) is 9.40. The van der Waals surface area contributed by atoms with E-state index in [-0.39, 0.29) is 11.5 Å². The first kappa shape index (κ1) is 27.8. The molecule has 3 heterocycles. The van der Waals surface area contributed by atoms with Crippen LogP contribution in [0.4, 0.5) is 13.2 Å². The minimum Gasteiger partial charge on any atom is -0.475 e. The van der Waals surface area contributed by atoms with E-state index in [4.69, 9.17) is 19.7 Å². The highest BCUT2D eigenvalue weighted by atomic mass is 19.4. The Morgan fingerprint density at radius 3 is 2.59 bits per heavy atom.